The lowest BCUT2D eigenvalue weighted by Gasteiger charge is -2.18. The van der Waals surface area contributed by atoms with E-state index in [4.69, 9.17) is 10.00 Å². The first-order valence-corrected chi connectivity index (χ1v) is 8.10. The molecule has 6 heteroatoms. The molecule has 0 unspecified atom stereocenters. The number of nitrogens with zero attached hydrogens (tertiary/aromatic N) is 2. The summed E-state index contributed by atoms with van der Waals surface area (Å²) in [4.78, 5) is 14.1. The Kier molecular flexibility index (Phi) is 6.15. The molecule has 1 aromatic carbocycles. The molecule has 5 nitrogen and oxygen atoms in total. The first-order chi connectivity index (χ1) is 11.1. The number of hydrogen-bond donors (Lipinski definition) is 1. The lowest BCUT2D eigenvalue weighted by atomic mass is 10.2. The van der Waals surface area contributed by atoms with Crippen LogP contribution in [0.1, 0.15) is 17.5 Å². The van der Waals surface area contributed by atoms with Crippen molar-refractivity contribution in [1.29, 1.82) is 5.26 Å². The predicted molar refractivity (Wildman–Crippen MR) is 91.6 cm³/mol. The highest BCUT2D eigenvalue weighted by Gasteiger charge is 2.10. The summed E-state index contributed by atoms with van der Waals surface area (Å²) in [6.45, 7) is 1.33. The fraction of sp³-hybridized carbons (Fsp3) is 0.294. The summed E-state index contributed by atoms with van der Waals surface area (Å²) in [6, 6.07) is 11.6. The number of carbonyl (C=O) groups excluding carboxylic acids is 1. The molecule has 1 aromatic heterocycles. The highest BCUT2D eigenvalue weighted by molar-refractivity contribution is 7.14. The van der Waals surface area contributed by atoms with Crippen molar-refractivity contribution in [2.45, 2.75) is 13.0 Å². The first-order valence-electron chi connectivity index (χ1n) is 7.22. The molecule has 2 aromatic rings. The second-order valence-corrected chi connectivity index (χ2v) is 6.04. The van der Waals surface area contributed by atoms with E-state index < -0.39 is 0 Å². The fourth-order valence-corrected chi connectivity index (χ4v) is 2.93. The Balaban J connectivity index is 1.83. The van der Waals surface area contributed by atoms with Gasteiger partial charge in [-0.2, -0.15) is 5.26 Å². The van der Waals surface area contributed by atoms with Gasteiger partial charge in [-0.25, -0.2) is 0 Å². The van der Waals surface area contributed by atoms with Crippen LogP contribution in [0.25, 0.3) is 0 Å². The summed E-state index contributed by atoms with van der Waals surface area (Å²) >= 11 is 1.36. The Bertz CT molecular complexity index is 706. The van der Waals surface area contributed by atoms with Crippen LogP contribution in [0.4, 0.5) is 5.00 Å². The normalized spacial score (nSPS) is 10.3. The molecule has 0 saturated carbocycles. The smallest absolute Gasteiger partial charge is 0.226 e. The molecule has 0 aliphatic carbocycles. The molecule has 0 fully saturated rings. The van der Waals surface area contributed by atoms with Gasteiger partial charge in [0, 0.05) is 25.1 Å². The number of para-hydroxylation sites is 1. The van der Waals surface area contributed by atoms with Gasteiger partial charge in [0.2, 0.25) is 5.91 Å². The van der Waals surface area contributed by atoms with Gasteiger partial charge < -0.3 is 15.0 Å². The van der Waals surface area contributed by atoms with E-state index in [1.54, 1.807) is 18.6 Å². The van der Waals surface area contributed by atoms with Crippen molar-refractivity contribution < 1.29 is 9.53 Å². The van der Waals surface area contributed by atoms with Gasteiger partial charge in [0.25, 0.3) is 0 Å². The Hall–Kier alpha value is -2.36. The summed E-state index contributed by atoms with van der Waals surface area (Å²) < 4.78 is 5.33. The SMILES string of the molecule is COc1ccccc1CN(C)CCC(=O)Nc1sccc1C#N. The third-order valence-electron chi connectivity index (χ3n) is 3.39. The average molecular weight is 329 g/mol. The van der Waals surface area contributed by atoms with Gasteiger partial charge >= 0.3 is 0 Å². The zero-order chi connectivity index (χ0) is 16.7. The topological polar surface area (TPSA) is 65.4 Å². The van der Waals surface area contributed by atoms with Crippen LogP contribution in [0.15, 0.2) is 35.7 Å². The van der Waals surface area contributed by atoms with Crippen LogP contribution in [-0.4, -0.2) is 31.5 Å². The number of methoxy groups -OCH3 is 1. The highest BCUT2D eigenvalue weighted by Crippen LogP contribution is 2.22. The molecule has 1 amide bonds. The van der Waals surface area contributed by atoms with Crippen LogP contribution in [-0.2, 0) is 11.3 Å². The highest BCUT2D eigenvalue weighted by atomic mass is 32.1. The van der Waals surface area contributed by atoms with Crippen LogP contribution in [0.5, 0.6) is 5.75 Å². The van der Waals surface area contributed by atoms with Gasteiger partial charge in [-0.3, -0.25) is 4.79 Å². The van der Waals surface area contributed by atoms with Crippen molar-refractivity contribution in [2.75, 3.05) is 26.0 Å². The van der Waals surface area contributed by atoms with Gasteiger partial charge in [0.05, 0.1) is 12.7 Å². The number of nitriles is 1. The number of nitrogens with one attached hydrogen (secondary N) is 1. The van der Waals surface area contributed by atoms with Crippen molar-refractivity contribution in [3.63, 3.8) is 0 Å². The lowest BCUT2D eigenvalue weighted by Crippen LogP contribution is -2.24. The molecule has 0 aliphatic heterocycles. The third-order valence-corrected chi connectivity index (χ3v) is 4.22. The van der Waals surface area contributed by atoms with Gasteiger partial charge in [0.1, 0.15) is 16.8 Å². The van der Waals surface area contributed by atoms with Crippen molar-refractivity contribution in [2.24, 2.45) is 0 Å². The standard InChI is InChI=1S/C17H19N3O2S/c1-20(12-14-5-3-4-6-15(14)22-2)9-7-16(21)19-17-13(11-18)8-10-23-17/h3-6,8,10H,7,9,12H2,1-2H3,(H,19,21). The number of rotatable bonds is 7. The average Bonchev–Trinajstić information content (AvgIpc) is 3.00. The minimum Gasteiger partial charge on any atom is -0.496 e. The van der Waals surface area contributed by atoms with Crippen molar-refractivity contribution >= 4 is 22.2 Å². The van der Waals surface area contributed by atoms with Crippen molar-refractivity contribution in [3.05, 3.63) is 46.8 Å². The number of amides is 1. The first kappa shape index (κ1) is 17.0. The second-order valence-electron chi connectivity index (χ2n) is 5.12. The van der Waals surface area contributed by atoms with E-state index in [9.17, 15) is 4.79 Å². The quantitative estimate of drug-likeness (QED) is 0.848. The fourth-order valence-electron chi connectivity index (χ4n) is 2.18. The molecule has 120 valence electrons. The monoisotopic (exact) mass is 329 g/mol. The van der Waals surface area contributed by atoms with Crippen molar-refractivity contribution in [1.82, 2.24) is 4.90 Å². The van der Waals surface area contributed by atoms with Gasteiger partial charge in [0.15, 0.2) is 0 Å². The number of ether oxygens (including phenoxy) is 1. The van der Waals surface area contributed by atoms with E-state index in [1.807, 2.05) is 31.3 Å². The van der Waals surface area contributed by atoms with E-state index in [0.29, 0.717) is 30.1 Å². The molecule has 1 heterocycles. The summed E-state index contributed by atoms with van der Waals surface area (Å²) in [6.07, 6.45) is 0.369. The van der Waals surface area contributed by atoms with Crippen LogP contribution in [0.2, 0.25) is 0 Å². The van der Waals surface area contributed by atoms with Crippen molar-refractivity contribution in [3.8, 4) is 11.8 Å². The minimum atomic E-state index is -0.0872. The molecule has 0 bridgehead atoms. The van der Waals surface area contributed by atoms with Crippen LogP contribution in [0, 0.1) is 11.3 Å². The molecule has 0 saturated heterocycles. The molecule has 2 rings (SSSR count). The molecular weight excluding hydrogens is 310 g/mol. The molecule has 0 aliphatic rings. The van der Waals surface area contributed by atoms with E-state index in [-0.39, 0.29) is 5.91 Å². The Labute approximate surface area is 140 Å². The van der Waals surface area contributed by atoms with Crippen LogP contribution in [0.3, 0.4) is 0 Å². The molecule has 23 heavy (non-hydrogen) atoms. The minimum absolute atomic E-state index is 0.0872. The third kappa shape index (κ3) is 4.81. The Morgan fingerprint density at radius 3 is 2.91 bits per heavy atom. The predicted octanol–water partition coefficient (Wildman–Crippen LogP) is 3.09. The zero-order valence-electron chi connectivity index (χ0n) is 13.2. The maximum absolute atomic E-state index is 12.0. The summed E-state index contributed by atoms with van der Waals surface area (Å²) in [5.41, 5.74) is 1.59. The Morgan fingerprint density at radius 1 is 1.39 bits per heavy atom. The molecular formula is C17H19N3O2S. The Morgan fingerprint density at radius 2 is 2.17 bits per heavy atom. The van der Waals surface area contributed by atoms with E-state index in [0.717, 1.165) is 11.3 Å². The number of thiophene rings is 1. The van der Waals surface area contributed by atoms with Gasteiger partial charge in [-0.05, 0) is 24.6 Å². The van der Waals surface area contributed by atoms with Gasteiger partial charge in [-0.1, -0.05) is 18.2 Å². The van der Waals surface area contributed by atoms with Crippen LogP contribution >= 0.6 is 11.3 Å². The number of carbonyl (C=O) groups is 1. The molecule has 0 spiro atoms. The number of benzene rings is 1. The van der Waals surface area contributed by atoms with E-state index in [1.165, 1.54) is 11.3 Å². The molecule has 0 radical (unpaired) electrons. The second kappa shape index (κ2) is 8.32. The van der Waals surface area contributed by atoms with Crippen LogP contribution < -0.4 is 10.1 Å². The zero-order valence-corrected chi connectivity index (χ0v) is 14.0. The summed E-state index contributed by atoms with van der Waals surface area (Å²) in [5.74, 6) is 0.761. The maximum Gasteiger partial charge on any atom is 0.226 e. The summed E-state index contributed by atoms with van der Waals surface area (Å²) in [5, 5.41) is 14.1. The largest absolute Gasteiger partial charge is 0.496 e. The maximum atomic E-state index is 12.0. The summed E-state index contributed by atoms with van der Waals surface area (Å²) in [7, 11) is 3.62. The number of hydrogen-bond acceptors (Lipinski definition) is 5. The van der Waals surface area contributed by atoms with E-state index >= 15 is 0 Å². The molecule has 1 N–H and O–H groups in total. The lowest BCUT2D eigenvalue weighted by molar-refractivity contribution is -0.116. The number of anilines is 1. The van der Waals surface area contributed by atoms with Gasteiger partial charge in [-0.15, -0.1) is 11.3 Å². The molecule has 0 atom stereocenters. The van der Waals surface area contributed by atoms with E-state index in [2.05, 4.69) is 16.3 Å².